The molecule has 0 aromatic carbocycles. The second kappa shape index (κ2) is 7.90. The van der Waals surface area contributed by atoms with Gasteiger partial charge in [-0.25, -0.2) is 0 Å². The quantitative estimate of drug-likeness (QED) is 0.654. The van der Waals surface area contributed by atoms with Gasteiger partial charge in [-0.1, -0.05) is 34.1 Å². The van der Waals surface area contributed by atoms with E-state index < -0.39 is 14.0 Å². The van der Waals surface area contributed by atoms with Crippen molar-refractivity contribution < 1.29 is 18.6 Å². The predicted octanol–water partition coefficient (Wildman–Crippen LogP) is 4.69. The zero-order chi connectivity index (χ0) is 18.7. The summed E-state index contributed by atoms with van der Waals surface area (Å²) in [6.45, 7) is 24.5. The molecule has 2 fully saturated rings. The highest BCUT2D eigenvalue weighted by Gasteiger charge is 2.63. The first-order chi connectivity index (χ1) is 10.3. The summed E-state index contributed by atoms with van der Waals surface area (Å²) in [5.41, 5.74) is -1.44. The highest BCUT2D eigenvalue weighted by atomic mass is 16.7. The van der Waals surface area contributed by atoms with E-state index in [1.165, 1.54) is 6.42 Å². The van der Waals surface area contributed by atoms with Gasteiger partial charge >= 0.3 is 14.0 Å². The molecule has 0 unspecified atom stereocenters. The molecule has 23 heavy (non-hydrogen) atoms. The molecule has 136 valence electrons. The number of hydrogen-bond donors (Lipinski definition) is 0. The first-order valence-electron chi connectivity index (χ1n) is 9.01. The zero-order valence-electron chi connectivity index (χ0n) is 17.5. The van der Waals surface area contributed by atoms with E-state index in [2.05, 4.69) is 13.8 Å². The Morgan fingerprint density at radius 1 is 0.522 bits per heavy atom. The van der Waals surface area contributed by atoms with E-state index in [1.807, 2.05) is 69.2 Å². The third kappa shape index (κ3) is 4.97. The van der Waals surface area contributed by atoms with Gasteiger partial charge in [-0.15, -0.1) is 0 Å². The van der Waals surface area contributed by atoms with Gasteiger partial charge in [0.2, 0.25) is 0 Å². The van der Waals surface area contributed by atoms with Crippen molar-refractivity contribution in [1.29, 1.82) is 0 Å². The van der Waals surface area contributed by atoms with Crippen LogP contribution in [0.25, 0.3) is 0 Å². The lowest BCUT2D eigenvalue weighted by Gasteiger charge is -2.32. The lowest BCUT2D eigenvalue weighted by molar-refractivity contribution is 0.00578. The molecule has 2 saturated heterocycles. The topological polar surface area (TPSA) is 36.9 Å². The van der Waals surface area contributed by atoms with Gasteiger partial charge in [-0.2, -0.15) is 0 Å². The molecule has 0 N–H and O–H groups in total. The molecular formula is C17H38B2O4. The second-order valence-electron chi connectivity index (χ2n) is 7.96. The summed E-state index contributed by atoms with van der Waals surface area (Å²) < 4.78 is 23.8. The average molecular weight is 328 g/mol. The highest BCUT2D eigenvalue weighted by Crippen LogP contribution is 2.42. The molecule has 0 radical (unpaired) electrons. The fourth-order valence-corrected chi connectivity index (χ4v) is 2.00. The van der Waals surface area contributed by atoms with Crippen molar-refractivity contribution in [3.63, 3.8) is 0 Å². The third-order valence-corrected chi connectivity index (χ3v) is 4.77. The summed E-state index contributed by atoms with van der Waals surface area (Å²) in [4.78, 5) is 0. The average Bonchev–Trinajstić information content (AvgIpc) is 2.73. The van der Waals surface area contributed by atoms with E-state index in [9.17, 15) is 0 Å². The molecule has 0 atom stereocenters. The van der Waals surface area contributed by atoms with Gasteiger partial charge in [-0.05, 0) is 55.4 Å². The third-order valence-electron chi connectivity index (χ3n) is 4.77. The normalized spacial score (nSPS) is 26.1. The molecule has 2 rings (SSSR count). The molecular weight excluding hydrogens is 290 g/mol. The van der Waals surface area contributed by atoms with Gasteiger partial charge in [0.15, 0.2) is 0 Å². The van der Waals surface area contributed by atoms with Gasteiger partial charge < -0.3 is 18.6 Å². The Bertz CT molecular complexity index is 302. The summed E-state index contributed by atoms with van der Waals surface area (Å²) in [6.07, 6.45) is 1.25. The van der Waals surface area contributed by atoms with E-state index in [-0.39, 0.29) is 22.4 Å². The predicted molar refractivity (Wildman–Crippen MR) is 99.5 cm³/mol. The molecule has 2 heterocycles. The largest absolute Gasteiger partial charge is 0.488 e. The van der Waals surface area contributed by atoms with Crippen LogP contribution >= 0.6 is 0 Å². The minimum Gasteiger partial charge on any atom is -0.405 e. The van der Waals surface area contributed by atoms with Gasteiger partial charge in [0.05, 0.1) is 22.4 Å². The molecule has 0 saturated carbocycles. The summed E-state index contributed by atoms with van der Waals surface area (Å²) in [5, 5.41) is 0. The van der Waals surface area contributed by atoms with Crippen molar-refractivity contribution in [2.75, 3.05) is 0 Å². The molecule has 0 aliphatic carbocycles. The molecule has 0 amide bonds. The van der Waals surface area contributed by atoms with E-state index in [0.29, 0.717) is 0 Å². The lowest BCUT2D eigenvalue weighted by Crippen LogP contribution is -2.41. The standard InChI is InChI=1S/C12H24B2O4.C3H8.C2H6/c1-9(2)10(3,4)16-13(15-9)14-17-11(5,6)12(7,8)18-14;1-3-2;1-2/h1-8H3;3H2,1-2H3;1-2H3. The van der Waals surface area contributed by atoms with Crippen molar-refractivity contribution in [3.8, 4) is 0 Å². The van der Waals surface area contributed by atoms with Crippen LogP contribution in [0, 0.1) is 0 Å². The van der Waals surface area contributed by atoms with Crippen LogP contribution in [0.1, 0.15) is 89.5 Å². The highest BCUT2D eigenvalue weighted by molar-refractivity contribution is 7.11. The Hall–Kier alpha value is -0.0301. The Morgan fingerprint density at radius 2 is 0.652 bits per heavy atom. The smallest absolute Gasteiger partial charge is 0.405 e. The Balaban J connectivity index is 0.000000868. The van der Waals surface area contributed by atoms with Gasteiger partial charge in [-0.3, -0.25) is 0 Å². The molecule has 0 spiro atoms. The fourth-order valence-electron chi connectivity index (χ4n) is 2.00. The minimum absolute atomic E-state index is 0.360. The molecule has 0 bridgehead atoms. The van der Waals surface area contributed by atoms with Gasteiger partial charge in [0.1, 0.15) is 0 Å². The van der Waals surface area contributed by atoms with Crippen LogP contribution in [0.15, 0.2) is 0 Å². The van der Waals surface area contributed by atoms with Crippen LogP contribution in [0.3, 0.4) is 0 Å². The molecule has 2 aliphatic rings. The fraction of sp³-hybridized carbons (Fsp3) is 1.00. The Kier molecular flexibility index (Phi) is 7.89. The van der Waals surface area contributed by atoms with Crippen molar-refractivity contribution in [3.05, 3.63) is 0 Å². The van der Waals surface area contributed by atoms with Crippen LogP contribution in [0.5, 0.6) is 0 Å². The Labute approximate surface area is 145 Å². The summed E-state index contributed by atoms with van der Waals surface area (Å²) in [6, 6.07) is 0. The zero-order valence-corrected chi connectivity index (χ0v) is 17.5. The minimum atomic E-state index is -0.476. The van der Waals surface area contributed by atoms with Gasteiger partial charge in [0.25, 0.3) is 0 Å². The summed E-state index contributed by atoms with van der Waals surface area (Å²) in [7, 11) is -0.952. The number of hydrogen-bond acceptors (Lipinski definition) is 4. The van der Waals surface area contributed by atoms with Crippen LogP contribution in [0.4, 0.5) is 0 Å². The molecule has 0 aromatic heterocycles. The first-order valence-corrected chi connectivity index (χ1v) is 9.01. The second-order valence-corrected chi connectivity index (χ2v) is 7.96. The van der Waals surface area contributed by atoms with Crippen molar-refractivity contribution in [2.45, 2.75) is 112 Å². The summed E-state index contributed by atoms with van der Waals surface area (Å²) in [5.74, 6) is 0. The Morgan fingerprint density at radius 3 is 0.783 bits per heavy atom. The molecule has 6 heteroatoms. The van der Waals surface area contributed by atoms with Crippen LogP contribution in [-0.4, -0.2) is 36.4 Å². The maximum Gasteiger partial charge on any atom is 0.488 e. The van der Waals surface area contributed by atoms with E-state index in [0.717, 1.165) is 0 Å². The first kappa shape index (κ1) is 23.0. The monoisotopic (exact) mass is 328 g/mol. The molecule has 2 aliphatic heterocycles. The van der Waals surface area contributed by atoms with Gasteiger partial charge in [0, 0.05) is 0 Å². The summed E-state index contributed by atoms with van der Waals surface area (Å²) >= 11 is 0. The maximum atomic E-state index is 5.96. The van der Waals surface area contributed by atoms with Crippen LogP contribution in [0.2, 0.25) is 0 Å². The van der Waals surface area contributed by atoms with E-state index in [1.54, 1.807) is 0 Å². The molecule has 4 nitrogen and oxygen atoms in total. The van der Waals surface area contributed by atoms with Crippen molar-refractivity contribution in [1.82, 2.24) is 0 Å². The van der Waals surface area contributed by atoms with Crippen molar-refractivity contribution >= 4 is 14.0 Å². The van der Waals surface area contributed by atoms with Crippen LogP contribution < -0.4 is 0 Å². The SMILES string of the molecule is CC.CC1(C)OB(B2OC(C)(C)C(C)(C)O2)OC1(C)C.CCC. The lowest BCUT2D eigenvalue weighted by atomic mass is 9.49. The van der Waals surface area contributed by atoms with Crippen LogP contribution in [-0.2, 0) is 18.6 Å². The molecule has 0 aromatic rings. The van der Waals surface area contributed by atoms with E-state index >= 15 is 0 Å². The van der Waals surface area contributed by atoms with E-state index in [4.69, 9.17) is 18.6 Å². The number of rotatable bonds is 1. The van der Waals surface area contributed by atoms with Crippen molar-refractivity contribution in [2.24, 2.45) is 0 Å². The maximum absolute atomic E-state index is 5.96.